The van der Waals surface area contributed by atoms with E-state index in [1.165, 1.54) is 0 Å². The van der Waals surface area contributed by atoms with Gasteiger partial charge in [0.15, 0.2) is 5.78 Å². The first-order valence-electron chi connectivity index (χ1n) is 13.8. The van der Waals surface area contributed by atoms with Gasteiger partial charge in [-0.3, -0.25) is 9.59 Å². The third-order valence-corrected chi connectivity index (χ3v) is 8.60. The predicted octanol–water partition coefficient (Wildman–Crippen LogP) is 5.75. The molecule has 2 aliphatic heterocycles. The van der Waals surface area contributed by atoms with Gasteiger partial charge in [-0.2, -0.15) is 0 Å². The highest BCUT2D eigenvalue weighted by atomic mass is 35.5. The molecule has 6 rings (SSSR count). The van der Waals surface area contributed by atoms with Gasteiger partial charge in [0, 0.05) is 66.3 Å². The van der Waals surface area contributed by atoms with Crippen LogP contribution in [0.25, 0.3) is 0 Å². The monoisotopic (exact) mass is 590 g/mol. The Kier molecular flexibility index (Phi) is 7.38. The molecule has 8 nitrogen and oxygen atoms in total. The van der Waals surface area contributed by atoms with Crippen molar-refractivity contribution in [3.8, 4) is 0 Å². The smallest absolute Gasteiger partial charge is 0.242 e. The highest BCUT2D eigenvalue weighted by Gasteiger charge is 2.43. The van der Waals surface area contributed by atoms with Crippen molar-refractivity contribution in [3.05, 3.63) is 87.8 Å². The fourth-order valence-electron chi connectivity index (χ4n) is 6.13. The number of carbonyl (C=O) groups is 2. The van der Waals surface area contributed by atoms with Crippen LogP contribution in [0.1, 0.15) is 38.3 Å². The lowest BCUT2D eigenvalue weighted by molar-refractivity contribution is -0.130. The Labute approximate surface area is 250 Å². The molecule has 3 aliphatic rings. The molecule has 41 heavy (non-hydrogen) atoms. The number of anilines is 3. The van der Waals surface area contributed by atoms with Crippen LogP contribution in [0, 0.1) is 5.41 Å². The van der Waals surface area contributed by atoms with Crippen molar-refractivity contribution in [3.63, 3.8) is 0 Å². The van der Waals surface area contributed by atoms with E-state index in [9.17, 15) is 9.59 Å². The van der Waals surface area contributed by atoms with Crippen LogP contribution in [0.2, 0.25) is 10.0 Å². The van der Waals surface area contributed by atoms with Gasteiger partial charge < -0.3 is 20.0 Å². The van der Waals surface area contributed by atoms with Crippen LogP contribution in [0.3, 0.4) is 0 Å². The van der Waals surface area contributed by atoms with Crippen LogP contribution >= 0.6 is 23.2 Å². The van der Waals surface area contributed by atoms with Crippen molar-refractivity contribution in [2.24, 2.45) is 5.41 Å². The van der Waals surface area contributed by atoms with E-state index in [1.807, 2.05) is 40.1 Å². The molecule has 1 amide bonds. The van der Waals surface area contributed by atoms with Crippen molar-refractivity contribution in [2.45, 2.75) is 32.7 Å². The summed E-state index contributed by atoms with van der Waals surface area (Å²) in [5.41, 5.74) is 3.78. The summed E-state index contributed by atoms with van der Waals surface area (Å²) in [5, 5.41) is 4.56. The molecule has 0 spiro atoms. The number of carbonyl (C=O) groups excluding carboxylic acids is 2. The molecule has 212 valence electrons. The zero-order chi connectivity index (χ0) is 28.7. The zero-order valence-corrected chi connectivity index (χ0v) is 24.6. The lowest BCUT2D eigenvalue weighted by Crippen LogP contribution is -2.52. The van der Waals surface area contributed by atoms with Gasteiger partial charge in [-0.15, -0.1) is 0 Å². The van der Waals surface area contributed by atoms with Crippen molar-refractivity contribution < 1.29 is 9.59 Å². The van der Waals surface area contributed by atoms with E-state index in [1.54, 1.807) is 30.6 Å². The van der Waals surface area contributed by atoms with Gasteiger partial charge in [-0.25, -0.2) is 9.97 Å². The van der Waals surface area contributed by atoms with Crippen LogP contribution in [0.5, 0.6) is 0 Å². The van der Waals surface area contributed by atoms with Crippen molar-refractivity contribution in [2.75, 3.05) is 47.8 Å². The van der Waals surface area contributed by atoms with E-state index in [4.69, 9.17) is 23.2 Å². The lowest BCUT2D eigenvalue weighted by atomic mass is 9.73. The minimum Gasteiger partial charge on any atom is -0.357 e. The Hall–Kier alpha value is -3.62. The van der Waals surface area contributed by atoms with E-state index in [-0.39, 0.29) is 23.7 Å². The average molecular weight is 592 g/mol. The summed E-state index contributed by atoms with van der Waals surface area (Å²) in [5.74, 6) is 0.709. The second-order valence-corrected chi connectivity index (χ2v) is 12.4. The van der Waals surface area contributed by atoms with Crippen LogP contribution in [0.4, 0.5) is 17.3 Å². The number of halogens is 2. The topological polar surface area (TPSA) is 81.7 Å². The number of amides is 1. The molecule has 10 heteroatoms. The van der Waals surface area contributed by atoms with Crippen molar-refractivity contribution >= 4 is 52.2 Å². The maximum Gasteiger partial charge on any atom is 0.242 e. The number of allylic oxidation sites excluding steroid dienone is 1. The lowest BCUT2D eigenvalue weighted by Gasteiger charge is -2.40. The summed E-state index contributed by atoms with van der Waals surface area (Å²) in [7, 11) is 0. The molecule has 1 saturated heterocycles. The van der Waals surface area contributed by atoms with E-state index in [0.717, 1.165) is 22.6 Å². The molecule has 2 aromatic carbocycles. The number of nitrogens with zero attached hydrogens (tertiary/aromatic N) is 5. The fraction of sp³-hybridized carbons (Fsp3) is 0.355. The second kappa shape index (κ2) is 11.0. The van der Waals surface area contributed by atoms with Crippen molar-refractivity contribution in [1.29, 1.82) is 0 Å². The van der Waals surface area contributed by atoms with Crippen molar-refractivity contribution in [1.82, 2.24) is 14.9 Å². The maximum absolute atomic E-state index is 14.0. The number of Topliss-reactive ketones (excluding diaryl/α,β-unsaturated/α-hetero) is 1. The summed E-state index contributed by atoms with van der Waals surface area (Å²) in [4.78, 5) is 42.6. The molecule has 3 aromatic rings. The SMILES string of the molecule is CC1(C)CC(=O)C2=C(C1)Nc1ccccc1N(CC(=O)N1CCN(c3ncccn3)CC1)C2c1ccc(Cl)cc1Cl. The minimum absolute atomic E-state index is 0.0174. The second-order valence-electron chi connectivity index (χ2n) is 11.6. The molecule has 0 saturated carbocycles. The molecule has 0 bridgehead atoms. The van der Waals surface area contributed by atoms with Gasteiger partial charge in [0.05, 0.1) is 24.0 Å². The Morgan fingerprint density at radius 2 is 1.73 bits per heavy atom. The van der Waals surface area contributed by atoms with Gasteiger partial charge in [0.1, 0.15) is 0 Å². The Bertz CT molecular complexity index is 1520. The Morgan fingerprint density at radius 1 is 1.00 bits per heavy atom. The van der Waals surface area contributed by atoms with Crippen LogP contribution < -0.4 is 15.1 Å². The minimum atomic E-state index is -0.558. The van der Waals surface area contributed by atoms with E-state index < -0.39 is 6.04 Å². The van der Waals surface area contributed by atoms with Crippen LogP contribution in [-0.4, -0.2) is 59.3 Å². The number of fused-ring (bicyclic) bond motifs is 1. The number of piperazine rings is 1. The first-order chi connectivity index (χ1) is 19.7. The largest absolute Gasteiger partial charge is 0.357 e. The quantitative estimate of drug-likeness (QED) is 0.414. The van der Waals surface area contributed by atoms with Gasteiger partial charge in [-0.1, -0.05) is 55.2 Å². The maximum atomic E-state index is 14.0. The Balaban J connectivity index is 1.38. The first kappa shape index (κ1) is 27.5. The first-order valence-corrected chi connectivity index (χ1v) is 14.6. The van der Waals surface area contributed by atoms with Gasteiger partial charge in [0.25, 0.3) is 0 Å². The average Bonchev–Trinajstić information content (AvgIpc) is 3.07. The molecular weight excluding hydrogens is 559 g/mol. The molecule has 1 fully saturated rings. The van der Waals surface area contributed by atoms with E-state index >= 15 is 0 Å². The molecule has 1 atom stereocenters. The summed E-state index contributed by atoms with van der Waals surface area (Å²) >= 11 is 13.1. The highest BCUT2D eigenvalue weighted by molar-refractivity contribution is 6.35. The third-order valence-electron chi connectivity index (χ3n) is 8.03. The third kappa shape index (κ3) is 5.51. The van der Waals surface area contributed by atoms with E-state index in [0.29, 0.717) is 60.6 Å². The molecule has 1 N–H and O–H groups in total. The van der Waals surface area contributed by atoms with Gasteiger partial charge in [-0.05, 0) is 47.7 Å². The highest BCUT2D eigenvalue weighted by Crippen LogP contribution is 2.49. The number of aromatic nitrogens is 2. The number of benzene rings is 2. The normalized spacial score (nSPS) is 20.2. The van der Waals surface area contributed by atoms with Gasteiger partial charge >= 0.3 is 0 Å². The molecule has 1 aliphatic carbocycles. The number of hydrogen-bond donors (Lipinski definition) is 1. The predicted molar refractivity (Wildman–Crippen MR) is 162 cm³/mol. The molecule has 1 aromatic heterocycles. The summed E-state index contributed by atoms with van der Waals surface area (Å²) in [6.07, 6.45) is 4.57. The summed E-state index contributed by atoms with van der Waals surface area (Å²) in [6.45, 7) is 6.69. The molecular formula is C31H32Cl2N6O2. The fourth-order valence-corrected chi connectivity index (χ4v) is 6.64. The number of nitrogens with one attached hydrogen (secondary N) is 1. The molecule has 0 radical (unpaired) electrons. The molecule has 3 heterocycles. The number of rotatable bonds is 4. The molecule has 1 unspecified atom stereocenters. The van der Waals surface area contributed by atoms with Gasteiger partial charge in [0.2, 0.25) is 11.9 Å². The van der Waals surface area contributed by atoms with Crippen LogP contribution in [-0.2, 0) is 9.59 Å². The number of ketones is 1. The zero-order valence-electron chi connectivity index (χ0n) is 23.1. The van der Waals surface area contributed by atoms with Crippen LogP contribution in [0.15, 0.2) is 72.2 Å². The summed E-state index contributed by atoms with van der Waals surface area (Å²) in [6, 6.07) is 14.5. The van der Waals surface area contributed by atoms with E-state index in [2.05, 4.69) is 34.0 Å². The Morgan fingerprint density at radius 3 is 2.46 bits per heavy atom. The number of para-hydroxylation sites is 2. The number of hydrogen-bond acceptors (Lipinski definition) is 7. The summed E-state index contributed by atoms with van der Waals surface area (Å²) < 4.78 is 0. The standard InChI is InChI=1S/C31H32Cl2N6O2/c1-31(2)17-24-28(26(40)18-31)29(21-9-8-20(32)16-22(21)33)39(25-7-4-3-6-23(25)36-24)19-27(41)37-12-14-38(15-13-37)30-34-10-5-11-35-30/h3-11,16,29,36H,12-15,17-19H2,1-2H3.